The van der Waals surface area contributed by atoms with Crippen molar-refractivity contribution in [1.29, 1.82) is 0 Å². The molecule has 0 unspecified atom stereocenters. The Bertz CT molecular complexity index is 381. The monoisotopic (exact) mass is 200 g/mol. The Balaban J connectivity index is 2.90. The SMILES string of the molecule is C=C=C(Cc1ccccc1)C(C)(C)C=O. The highest BCUT2D eigenvalue weighted by Crippen LogP contribution is 2.25. The fourth-order valence-electron chi connectivity index (χ4n) is 1.39. The summed E-state index contributed by atoms with van der Waals surface area (Å²) in [5.41, 5.74) is 4.52. The van der Waals surface area contributed by atoms with Crippen LogP contribution in [0.15, 0.2) is 48.2 Å². The molecular weight excluding hydrogens is 184 g/mol. The molecule has 0 aliphatic heterocycles. The number of carbonyl (C=O) groups excluding carboxylic acids is 1. The van der Waals surface area contributed by atoms with E-state index in [-0.39, 0.29) is 0 Å². The molecule has 0 atom stereocenters. The molecule has 0 amide bonds. The van der Waals surface area contributed by atoms with Crippen molar-refractivity contribution in [3.8, 4) is 0 Å². The zero-order chi connectivity index (χ0) is 11.3. The Morgan fingerprint density at radius 1 is 1.40 bits per heavy atom. The molecule has 0 aliphatic rings. The normalized spacial score (nSPS) is 10.5. The maximum atomic E-state index is 10.9. The minimum absolute atomic E-state index is 0.475. The lowest BCUT2D eigenvalue weighted by molar-refractivity contribution is -0.113. The first-order valence-electron chi connectivity index (χ1n) is 5.00. The molecule has 0 heterocycles. The van der Waals surface area contributed by atoms with Crippen molar-refractivity contribution in [1.82, 2.24) is 0 Å². The summed E-state index contributed by atoms with van der Waals surface area (Å²) in [6.07, 6.45) is 1.68. The first kappa shape index (κ1) is 11.5. The fraction of sp³-hybridized carbons (Fsp3) is 0.286. The first-order valence-corrected chi connectivity index (χ1v) is 5.00. The summed E-state index contributed by atoms with van der Waals surface area (Å²) >= 11 is 0. The molecule has 1 aromatic rings. The van der Waals surface area contributed by atoms with E-state index in [0.717, 1.165) is 18.3 Å². The Morgan fingerprint density at radius 2 is 2.00 bits per heavy atom. The fourth-order valence-corrected chi connectivity index (χ4v) is 1.39. The number of hydrogen-bond acceptors (Lipinski definition) is 1. The maximum Gasteiger partial charge on any atom is 0.130 e. The molecule has 1 rings (SSSR count). The molecule has 0 fully saturated rings. The van der Waals surface area contributed by atoms with E-state index in [9.17, 15) is 4.79 Å². The minimum atomic E-state index is -0.475. The number of aldehydes is 1. The minimum Gasteiger partial charge on any atom is -0.302 e. The van der Waals surface area contributed by atoms with Crippen LogP contribution in [0, 0.1) is 5.41 Å². The van der Waals surface area contributed by atoms with Gasteiger partial charge in [-0.3, -0.25) is 0 Å². The second kappa shape index (κ2) is 4.77. The largest absolute Gasteiger partial charge is 0.302 e. The van der Waals surface area contributed by atoms with Gasteiger partial charge in [0.15, 0.2) is 0 Å². The van der Waals surface area contributed by atoms with Crippen LogP contribution in [0.4, 0.5) is 0 Å². The lowest BCUT2D eigenvalue weighted by atomic mass is 9.83. The van der Waals surface area contributed by atoms with E-state index in [0.29, 0.717) is 0 Å². The van der Waals surface area contributed by atoms with E-state index in [2.05, 4.69) is 12.3 Å². The van der Waals surface area contributed by atoms with Crippen LogP contribution in [-0.4, -0.2) is 6.29 Å². The number of rotatable bonds is 4. The van der Waals surface area contributed by atoms with E-state index in [4.69, 9.17) is 0 Å². The molecule has 0 N–H and O–H groups in total. The summed E-state index contributed by atoms with van der Waals surface area (Å²) in [6.45, 7) is 7.42. The van der Waals surface area contributed by atoms with Gasteiger partial charge in [0.1, 0.15) is 6.29 Å². The van der Waals surface area contributed by atoms with Crippen molar-refractivity contribution in [2.45, 2.75) is 20.3 Å². The van der Waals surface area contributed by atoms with Crippen LogP contribution in [-0.2, 0) is 11.2 Å². The summed E-state index contributed by atoms with van der Waals surface area (Å²) in [6, 6.07) is 10.0. The highest BCUT2D eigenvalue weighted by molar-refractivity contribution is 5.63. The van der Waals surface area contributed by atoms with E-state index in [1.165, 1.54) is 5.56 Å². The predicted octanol–water partition coefficient (Wildman–Crippen LogP) is 3.17. The van der Waals surface area contributed by atoms with Gasteiger partial charge in [0, 0.05) is 11.8 Å². The third kappa shape index (κ3) is 2.93. The number of allylic oxidation sites excluding steroid dienone is 1. The number of carbonyl (C=O) groups is 1. The molecule has 0 saturated heterocycles. The molecule has 0 spiro atoms. The van der Waals surface area contributed by atoms with Gasteiger partial charge in [-0.1, -0.05) is 36.9 Å². The molecule has 0 aromatic heterocycles. The third-order valence-corrected chi connectivity index (χ3v) is 2.51. The van der Waals surface area contributed by atoms with Gasteiger partial charge in [0.2, 0.25) is 0 Å². The van der Waals surface area contributed by atoms with Crippen molar-refractivity contribution in [2.24, 2.45) is 5.41 Å². The second-order valence-corrected chi connectivity index (χ2v) is 4.16. The average molecular weight is 200 g/mol. The van der Waals surface area contributed by atoms with Crippen molar-refractivity contribution < 1.29 is 4.79 Å². The van der Waals surface area contributed by atoms with E-state index in [1.807, 2.05) is 44.2 Å². The van der Waals surface area contributed by atoms with Crippen LogP contribution in [0.1, 0.15) is 19.4 Å². The van der Waals surface area contributed by atoms with Gasteiger partial charge >= 0.3 is 0 Å². The van der Waals surface area contributed by atoms with Crippen molar-refractivity contribution in [3.63, 3.8) is 0 Å². The number of benzene rings is 1. The summed E-state index contributed by atoms with van der Waals surface area (Å²) < 4.78 is 0. The molecule has 1 heteroatoms. The zero-order valence-electron chi connectivity index (χ0n) is 9.29. The van der Waals surface area contributed by atoms with Crippen molar-refractivity contribution in [3.05, 3.63) is 53.8 Å². The Morgan fingerprint density at radius 3 is 2.47 bits per heavy atom. The van der Waals surface area contributed by atoms with Crippen LogP contribution < -0.4 is 0 Å². The molecular formula is C14H16O. The summed E-state index contributed by atoms with van der Waals surface area (Å²) in [7, 11) is 0. The maximum absolute atomic E-state index is 10.9. The predicted molar refractivity (Wildman–Crippen MR) is 62.6 cm³/mol. The van der Waals surface area contributed by atoms with Gasteiger partial charge in [-0.15, -0.1) is 5.73 Å². The van der Waals surface area contributed by atoms with Crippen LogP contribution in [0.3, 0.4) is 0 Å². The topological polar surface area (TPSA) is 17.1 Å². The summed E-state index contributed by atoms with van der Waals surface area (Å²) in [5, 5.41) is 0. The molecule has 1 nitrogen and oxygen atoms in total. The smallest absolute Gasteiger partial charge is 0.130 e. The first-order chi connectivity index (χ1) is 7.10. The Kier molecular flexibility index (Phi) is 3.65. The van der Waals surface area contributed by atoms with E-state index < -0.39 is 5.41 Å². The van der Waals surface area contributed by atoms with Gasteiger partial charge in [0.05, 0.1) is 0 Å². The molecule has 0 bridgehead atoms. The Hall–Kier alpha value is -1.59. The van der Waals surface area contributed by atoms with E-state index in [1.54, 1.807) is 0 Å². The van der Waals surface area contributed by atoms with Crippen LogP contribution in [0.5, 0.6) is 0 Å². The van der Waals surface area contributed by atoms with Gasteiger partial charge in [-0.2, -0.15) is 0 Å². The van der Waals surface area contributed by atoms with Gasteiger partial charge in [-0.25, -0.2) is 0 Å². The molecule has 1 aromatic carbocycles. The van der Waals surface area contributed by atoms with E-state index >= 15 is 0 Å². The second-order valence-electron chi connectivity index (χ2n) is 4.16. The third-order valence-electron chi connectivity index (χ3n) is 2.51. The molecule has 0 saturated carbocycles. The van der Waals surface area contributed by atoms with Gasteiger partial charge in [-0.05, 0) is 25.0 Å². The molecule has 15 heavy (non-hydrogen) atoms. The molecule has 78 valence electrons. The number of hydrogen-bond donors (Lipinski definition) is 0. The molecule has 0 aliphatic carbocycles. The highest BCUT2D eigenvalue weighted by atomic mass is 16.1. The highest BCUT2D eigenvalue weighted by Gasteiger charge is 2.22. The van der Waals surface area contributed by atoms with Gasteiger partial charge < -0.3 is 4.79 Å². The lowest BCUT2D eigenvalue weighted by Gasteiger charge is -2.19. The van der Waals surface area contributed by atoms with Crippen LogP contribution in [0.25, 0.3) is 0 Å². The van der Waals surface area contributed by atoms with Crippen LogP contribution >= 0.6 is 0 Å². The lowest BCUT2D eigenvalue weighted by Crippen LogP contribution is -2.17. The zero-order valence-corrected chi connectivity index (χ0v) is 9.29. The summed E-state index contributed by atoms with van der Waals surface area (Å²) in [5.74, 6) is 0. The van der Waals surface area contributed by atoms with Crippen LogP contribution in [0.2, 0.25) is 0 Å². The van der Waals surface area contributed by atoms with Crippen molar-refractivity contribution in [2.75, 3.05) is 0 Å². The van der Waals surface area contributed by atoms with Gasteiger partial charge in [0.25, 0.3) is 0 Å². The average Bonchev–Trinajstić information content (AvgIpc) is 2.27. The quantitative estimate of drug-likeness (QED) is 0.539. The summed E-state index contributed by atoms with van der Waals surface area (Å²) in [4.78, 5) is 10.9. The standard InChI is InChI=1S/C14H16O/c1-4-13(14(2,3)11-15)10-12-8-6-5-7-9-12/h5-9,11H,1,10H2,2-3H3. The molecule has 0 radical (unpaired) electrons. The van der Waals surface area contributed by atoms with Crippen molar-refractivity contribution >= 4 is 6.29 Å². The Labute approximate surface area is 91.1 Å².